The highest BCUT2D eigenvalue weighted by Gasteiger charge is 2.40. The Kier molecular flexibility index (Phi) is 6.62. The van der Waals surface area contributed by atoms with Crippen LogP contribution in [0.3, 0.4) is 0 Å². The average molecular weight is 244 g/mol. The summed E-state index contributed by atoms with van der Waals surface area (Å²) in [5.74, 6) is 0. The van der Waals surface area contributed by atoms with E-state index in [1.54, 1.807) is 4.90 Å². The lowest BCUT2D eigenvalue weighted by molar-refractivity contribution is -0.146. The molecule has 0 aromatic carbocycles. The Balaban J connectivity index is 0.00000196. The summed E-state index contributed by atoms with van der Waals surface area (Å²) in [4.78, 5) is 1.56. The Bertz CT molecular complexity index is 184. The Hall–Kier alpha value is 0.0500. The average Bonchev–Trinajstić information content (AvgIpc) is 2.16. The van der Waals surface area contributed by atoms with Gasteiger partial charge < -0.3 is 25.5 Å². The van der Waals surface area contributed by atoms with Crippen molar-refractivity contribution in [1.29, 1.82) is 0 Å². The first-order valence-corrected chi connectivity index (χ1v) is 4.61. The zero-order chi connectivity index (χ0) is 10.7. The van der Waals surface area contributed by atoms with Crippen LogP contribution in [0.25, 0.3) is 0 Å². The summed E-state index contributed by atoms with van der Waals surface area (Å²) in [6.45, 7) is -0.0347. The molecule has 0 aliphatic carbocycles. The lowest BCUT2D eigenvalue weighted by Crippen LogP contribution is -2.62. The number of nitrogens with zero attached hydrogens (tertiary/aromatic N) is 1. The van der Waals surface area contributed by atoms with E-state index in [4.69, 9.17) is 10.2 Å². The minimum Gasteiger partial charge on any atom is -0.395 e. The maximum Gasteiger partial charge on any atom is 0.109 e. The number of likely N-dealkylation sites (tertiary alicyclic amines) is 1. The van der Waals surface area contributed by atoms with Gasteiger partial charge in [-0.3, -0.25) is 4.90 Å². The van der Waals surface area contributed by atoms with Gasteiger partial charge in [0.1, 0.15) is 12.2 Å². The van der Waals surface area contributed by atoms with Gasteiger partial charge in [-0.05, 0) is 0 Å². The van der Waals surface area contributed by atoms with Gasteiger partial charge in [0.2, 0.25) is 0 Å². The van der Waals surface area contributed by atoms with E-state index in [0.29, 0.717) is 0 Å². The third-order valence-electron chi connectivity index (χ3n) is 2.60. The van der Waals surface area contributed by atoms with Crippen LogP contribution in [-0.2, 0) is 0 Å². The summed E-state index contributed by atoms with van der Waals surface area (Å²) in [5, 5.41) is 45.9. The maximum absolute atomic E-state index is 9.51. The van der Waals surface area contributed by atoms with Crippen LogP contribution in [-0.4, -0.2) is 81.1 Å². The first-order valence-electron chi connectivity index (χ1n) is 4.61. The van der Waals surface area contributed by atoms with Crippen LogP contribution in [0, 0.1) is 0 Å². The minimum absolute atomic E-state index is 0. The van der Waals surface area contributed by atoms with Gasteiger partial charge in [0.05, 0.1) is 25.4 Å². The lowest BCUT2D eigenvalue weighted by atomic mass is 9.94. The SMILES string of the molecule is Cl.OCCN1C[C@H](O)[C@@H](O)[C@H](O)[C@@H]1CO. The monoisotopic (exact) mass is 243 g/mol. The van der Waals surface area contributed by atoms with Gasteiger partial charge in [0.15, 0.2) is 0 Å². The van der Waals surface area contributed by atoms with E-state index < -0.39 is 24.4 Å². The van der Waals surface area contributed by atoms with Crippen molar-refractivity contribution >= 4 is 12.4 Å². The minimum atomic E-state index is -1.23. The summed E-state index contributed by atoms with van der Waals surface area (Å²) in [6.07, 6.45) is -3.46. The molecule has 0 bridgehead atoms. The molecule has 1 aliphatic heterocycles. The van der Waals surface area contributed by atoms with Crippen LogP contribution < -0.4 is 0 Å². The smallest absolute Gasteiger partial charge is 0.109 e. The number of rotatable bonds is 3. The zero-order valence-electron chi connectivity index (χ0n) is 8.23. The molecule has 0 spiro atoms. The molecule has 6 nitrogen and oxygen atoms in total. The molecule has 92 valence electrons. The molecule has 1 heterocycles. The highest BCUT2D eigenvalue weighted by molar-refractivity contribution is 5.85. The summed E-state index contributed by atoms with van der Waals surface area (Å²) in [6, 6.07) is -0.624. The number of aliphatic hydroxyl groups is 5. The van der Waals surface area contributed by atoms with Crippen LogP contribution in [0.5, 0.6) is 0 Å². The molecule has 1 fully saturated rings. The van der Waals surface area contributed by atoms with Crippen LogP contribution in [0.15, 0.2) is 0 Å². The van der Waals surface area contributed by atoms with Gasteiger partial charge in [0.25, 0.3) is 0 Å². The van der Waals surface area contributed by atoms with Crippen molar-refractivity contribution in [3.8, 4) is 0 Å². The molecule has 15 heavy (non-hydrogen) atoms. The van der Waals surface area contributed by atoms with Gasteiger partial charge in [-0.25, -0.2) is 0 Å². The number of aliphatic hydroxyl groups excluding tert-OH is 5. The van der Waals surface area contributed by atoms with Gasteiger partial charge in [-0.15, -0.1) is 12.4 Å². The Morgan fingerprint density at radius 2 is 1.67 bits per heavy atom. The fraction of sp³-hybridized carbons (Fsp3) is 1.00. The summed E-state index contributed by atoms with van der Waals surface area (Å²) < 4.78 is 0. The predicted molar refractivity (Wildman–Crippen MR) is 54.8 cm³/mol. The molecule has 0 aromatic rings. The summed E-state index contributed by atoms with van der Waals surface area (Å²) >= 11 is 0. The molecule has 5 N–H and O–H groups in total. The third kappa shape index (κ3) is 3.25. The molecule has 1 rings (SSSR count). The topological polar surface area (TPSA) is 104 Å². The van der Waals surface area contributed by atoms with E-state index in [1.807, 2.05) is 0 Å². The zero-order valence-corrected chi connectivity index (χ0v) is 9.05. The Morgan fingerprint density at radius 3 is 2.13 bits per heavy atom. The number of hydrogen-bond donors (Lipinski definition) is 5. The second-order valence-electron chi connectivity index (χ2n) is 3.52. The van der Waals surface area contributed by atoms with Crippen LogP contribution >= 0.6 is 12.4 Å². The van der Waals surface area contributed by atoms with E-state index in [1.165, 1.54) is 0 Å². The first-order chi connectivity index (χ1) is 6.61. The van der Waals surface area contributed by atoms with Crippen molar-refractivity contribution in [2.75, 3.05) is 26.3 Å². The molecule has 0 unspecified atom stereocenters. The van der Waals surface area contributed by atoms with Gasteiger partial charge in [-0.2, -0.15) is 0 Å². The lowest BCUT2D eigenvalue weighted by Gasteiger charge is -2.42. The summed E-state index contributed by atoms with van der Waals surface area (Å²) in [7, 11) is 0. The highest BCUT2D eigenvalue weighted by atomic mass is 35.5. The van der Waals surface area contributed by atoms with E-state index in [-0.39, 0.29) is 38.7 Å². The number of piperidine rings is 1. The molecular weight excluding hydrogens is 226 g/mol. The first kappa shape index (κ1) is 15.0. The van der Waals surface area contributed by atoms with E-state index in [9.17, 15) is 15.3 Å². The highest BCUT2D eigenvalue weighted by Crippen LogP contribution is 2.18. The van der Waals surface area contributed by atoms with Crippen molar-refractivity contribution in [2.45, 2.75) is 24.4 Å². The fourth-order valence-corrected chi connectivity index (χ4v) is 1.76. The standard InChI is InChI=1S/C8H17NO5.ClH/c10-2-1-9-3-6(12)8(14)7(13)5(9)4-11;/h5-8,10-14H,1-4H2;1H/t5-,6-,7+,8+;/m0./s1. The van der Waals surface area contributed by atoms with Crippen LogP contribution in [0.4, 0.5) is 0 Å². The molecule has 7 heteroatoms. The molecule has 0 amide bonds. The molecule has 1 saturated heterocycles. The molecule has 0 saturated carbocycles. The fourth-order valence-electron chi connectivity index (χ4n) is 1.76. The second kappa shape index (κ2) is 6.59. The second-order valence-corrected chi connectivity index (χ2v) is 3.52. The Morgan fingerprint density at radius 1 is 1.07 bits per heavy atom. The molecule has 0 aromatic heterocycles. The van der Waals surface area contributed by atoms with Crippen molar-refractivity contribution in [3.05, 3.63) is 0 Å². The van der Waals surface area contributed by atoms with E-state index in [0.717, 1.165) is 0 Å². The van der Waals surface area contributed by atoms with Gasteiger partial charge >= 0.3 is 0 Å². The molecule has 0 radical (unpaired) electrons. The van der Waals surface area contributed by atoms with E-state index in [2.05, 4.69) is 0 Å². The number of β-amino-alcohol motifs (C(OH)–C–C–N with tert-alkyl or cyclic N) is 2. The van der Waals surface area contributed by atoms with Gasteiger partial charge in [0, 0.05) is 13.1 Å². The largest absolute Gasteiger partial charge is 0.395 e. The quantitative estimate of drug-likeness (QED) is 0.366. The molecular formula is C8H18ClNO5. The molecule has 4 atom stereocenters. The Labute approximate surface area is 94.2 Å². The summed E-state index contributed by atoms with van der Waals surface area (Å²) in [5.41, 5.74) is 0. The van der Waals surface area contributed by atoms with Crippen molar-refractivity contribution < 1.29 is 25.5 Å². The van der Waals surface area contributed by atoms with E-state index >= 15 is 0 Å². The van der Waals surface area contributed by atoms with Crippen LogP contribution in [0.2, 0.25) is 0 Å². The van der Waals surface area contributed by atoms with Crippen molar-refractivity contribution in [3.63, 3.8) is 0 Å². The predicted octanol–water partition coefficient (Wildman–Crippen LogP) is -2.84. The number of halogens is 1. The maximum atomic E-state index is 9.51. The third-order valence-corrected chi connectivity index (χ3v) is 2.60. The van der Waals surface area contributed by atoms with Gasteiger partial charge in [-0.1, -0.05) is 0 Å². The normalized spacial score (nSPS) is 37.4. The van der Waals surface area contributed by atoms with Crippen molar-refractivity contribution in [1.82, 2.24) is 4.90 Å². The molecule has 1 aliphatic rings. The van der Waals surface area contributed by atoms with Crippen LogP contribution in [0.1, 0.15) is 0 Å². The number of hydrogen-bond acceptors (Lipinski definition) is 6. The van der Waals surface area contributed by atoms with Crippen molar-refractivity contribution in [2.24, 2.45) is 0 Å².